The van der Waals surface area contributed by atoms with Gasteiger partial charge < -0.3 is 21.0 Å². The van der Waals surface area contributed by atoms with Crippen molar-refractivity contribution >= 4 is 11.7 Å². The van der Waals surface area contributed by atoms with Gasteiger partial charge in [0.05, 0.1) is 6.04 Å². The van der Waals surface area contributed by atoms with Crippen molar-refractivity contribution in [2.24, 2.45) is 16.3 Å². The fourth-order valence-electron chi connectivity index (χ4n) is 2.17. The summed E-state index contributed by atoms with van der Waals surface area (Å²) in [7, 11) is 0. The largest absolute Gasteiger partial charge is 0.491 e. The maximum absolute atomic E-state index is 12.4. The van der Waals surface area contributed by atoms with Crippen LogP contribution < -0.4 is 15.8 Å². The van der Waals surface area contributed by atoms with Gasteiger partial charge in [0.15, 0.2) is 5.84 Å². The molecule has 1 aromatic carbocycles. The molecule has 2 unspecified atom stereocenters. The summed E-state index contributed by atoms with van der Waals surface area (Å²) in [6, 6.07) is 7.35. The summed E-state index contributed by atoms with van der Waals surface area (Å²) in [5.74, 6) is 0.408. The number of hydrogen-bond donors (Lipinski definition) is 3. The average molecular weight is 277 g/mol. The Morgan fingerprint density at radius 1 is 1.60 bits per heavy atom. The van der Waals surface area contributed by atoms with E-state index in [1.165, 1.54) is 0 Å². The normalized spacial score (nSPS) is 20.7. The van der Waals surface area contributed by atoms with Crippen molar-refractivity contribution in [3.63, 3.8) is 0 Å². The van der Waals surface area contributed by atoms with E-state index in [9.17, 15) is 4.79 Å². The van der Waals surface area contributed by atoms with Crippen molar-refractivity contribution < 1.29 is 14.7 Å². The SMILES string of the molecule is CCC(C)(C(=O)NC1COc2ccccc21)/C(N)=N/O. The predicted molar refractivity (Wildman–Crippen MR) is 74.6 cm³/mol. The molecule has 1 amide bonds. The summed E-state index contributed by atoms with van der Waals surface area (Å²) >= 11 is 0. The molecule has 0 saturated carbocycles. The fraction of sp³-hybridized carbons (Fsp3) is 0.429. The van der Waals surface area contributed by atoms with Gasteiger partial charge in [-0.2, -0.15) is 0 Å². The summed E-state index contributed by atoms with van der Waals surface area (Å²) in [6.45, 7) is 3.86. The Bertz CT molecular complexity index is 544. The number of rotatable bonds is 4. The van der Waals surface area contributed by atoms with Crippen LogP contribution in [0.4, 0.5) is 0 Å². The molecule has 20 heavy (non-hydrogen) atoms. The number of amidine groups is 1. The smallest absolute Gasteiger partial charge is 0.234 e. The molecule has 4 N–H and O–H groups in total. The Kier molecular flexibility index (Phi) is 3.83. The first kappa shape index (κ1) is 14.2. The van der Waals surface area contributed by atoms with E-state index < -0.39 is 5.41 Å². The first-order chi connectivity index (χ1) is 9.52. The van der Waals surface area contributed by atoms with Crippen LogP contribution in [0.3, 0.4) is 0 Å². The van der Waals surface area contributed by atoms with E-state index in [0.29, 0.717) is 13.0 Å². The van der Waals surface area contributed by atoms with Crippen molar-refractivity contribution in [2.45, 2.75) is 26.3 Å². The van der Waals surface area contributed by atoms with Crippen LogP contribution in [0.25, 0.3) is 0 Å². The Labute approximate surface area is 117 Å². The van der Waals surface area contributed by atoms with Crippen molar-refractivity contribution in [3.05, 3.63) is 29.8 Å². The molecule has 0 aliphatic carbocycles. The highest BCUT2D eigenvalue weighted by Crippen LogP contribution is 2.33. The van der Waals surface area contributed by atoms with Gasteiger partial charge in [0.2, 0.25) is 5.91 Å². The molecule has 108 valence electrons. The minimum atomic E-state index is -1.04. The topological polar surface area (TPSA) is 96.9 Å². The second-order valence-electron chi connectivity index (χ2n) is 5.05. The molecule has 0 saturated heterocycles. The van der Waals surface area contributed by atoms with E-state index in [1.807, 2.05) is 31.2 Å². The number of benzene rings is 1. The maximum Gasteiger partial charge on any atom is 0.234 e. The Morgan fingerprint density at radius 2 is 2.30 bits per heavy atom. The molecule has 0 aromatic heterocycles. The van der Waals surface area contributed by atoms with Gasteiger partial charge in [-0.3, -0.25) is 4.79 Å². The first-order valence-electron chi connectivity index (χ1n) is 6.53. The molecule has 1 aromatic rings. The van der Waals surface area contributed by atoms with Crippen LogP contribution in [0, 0.1) is 5.41 Å². The molecule has 1 aliphatic rings. The van der Waals surface area contributed by atoms with E-state index in [4.69, 9.17) is 15.7 Å². The average Bonchev–Trinajstić information content (AvgIpc) is 2.88. The number of fused-ring (bicyclic) bond motifs is 1. The number of nitrogens with zero attached hydrogens (tertiary/aromatic N) is 1. The molecule has 1 heterocycles. The van der Waals surface area contributed by atoms with Crippen molar-refractivity contribution in [3.8, 4) is 5.75 Å². The van der Waals surface area contributed by atoms with Gasteiger partial charge >= 0.3 is 0 Å². The number of oxime groups is 1. The van der Waals surface area contributed by atoms with Gasteiger partial charge in [0, 0.05) is 5.56 Å². The van der Waals surface area contributed by atoms with Crippen LogP contribution in [0.15, 0.2) is 29.4 Å². The number of nitrogens with two attached hydrogens (primary N) is 1. The van der Waals surface area contributed by atoms with E-state index in [2.05, 4.69) is 10.5 Å². The van der Waals surface area contributed by atoms with Crippen molar-refractivity contribution in [1.82, 2.24) is 5.32 Å². The molecule has 0 spiro atoms. The molecule has 0 fully saturated rings. The van der Waals surface area contributed by atoms with Crippen molar-refractivity contribution in [1.29, 1.82) is 0 Å². The number of hydrogen-bond acceptors (Lipinski definition) is 4. The molecule has 6 heteroatoms. The summed E-state index contributed by atoms with van der Waals surface area (Å²) in [6.07, 6.45) is 0.434. The number of nitrogens with one attached hydrogen (secondary N) is 1. The monoisotopic (exact) mass is 277 g/mol. The Hall–Kier alpha value is -2.24. The van der Waals surface area contributed by atoms with Gasteiger partial charge in [0.1, 0.15) is 17.8 Å². The number of ether oxygens (including phenoxy) is 1. The van der Waals surface area contributed by atoms with E-state index in [1.54, 1.807) is 6.92 Å². The lowest BCUT2D eigenvalue weighted by Crippen LogP contribution is -2.48. The molecule has 2 rings (SSSR count). The highest BCUT2D eigenvalue weighted by Gasteiger charge is 2.38. The minimum Gasteiger partial charge on any atom is -0.491 e. The maximum atomic E-state index is 12.4. The highest BCUT2D eigenvalue weighted by atomic mass is 16.5. The summed E-state index contributed by atoms with van der Waals surface area (Å²) < 4.78 is 5.52. The summed E-state index contributed by atoms with van der Waals surface area (Å²) in [5.41, 5.74) is 5.55. The molecule has 6 nitrogen and oxygen atoms in total. The number of para-hydroxylation sites is 1. The van der Waals surface area contributed by atoms with Crippen LogP contribution >= 0.6 is 0 Å². The van der Waals surface area contributed by atoms with E-state index >= 15 is 0 Å². The van der Waals surface area contributed by atoms with E-state index in [0.717, 1.165) is 11.3 Å². The van der Waals surface area contributed by atoms with Crippen molar-refractivity contribution in [2.75, 3.05) is 6.61 Å². The summed E-state index contributed by atoms with van der Waals surface area (Å²) in [4.78, 5) is 12.4. The molecule has 0 radical (unpaired) electrons. The molecular formula is C14H19N3O3. The fourth-order valence-corrected chi connectivity index (χ4v) is 2.17. The third-order valence-electron chi connectivity index (χ3n) is 3.89. The second-order valence-corrected chi connectivity index (χ2v) is 5.05. The number of carbonyl (C=O) groups excluding carboxylic acids is 1. The molecule has 1 aliphatic heterocycles. The standard InChI is InChI=1S/C14H19N3O3/c1-3-14(2,12(15)17-19)13(18)16-10-8-20-11-7-5-4-6-9(10)11/h4-7,10,19H,3,8H2,1-2H3,(H2,15,17)(H,16,18). The number of amides is 1. The Balaban J connectivity index is 2.17. The molecule has 2 atom stereocenters. The van der Waals surface area contributed by atoms with Crippen LogP contribution in [-0.2, 0) is 4.79 Å². The van der Waals surface area contributed by atoms with Gasteiger partial charge in [-0.15, -0.1) is 0 Å². The zero-order valence-corrected chi connectivity index (χ0v) is 11.6. The zero-order chi connectivity index (χ0) is 14.8. The lowest BCUT2D eigenvalue weighted by molar-refractivity contribution is -0.128. The first-order valence-corrected chi connectivity index (χ1v) is 6.53. The van der Waals surface area contributed by atoms with Crippen LogP contribution in [0.5, 0.6) is 5.75 Å². The lowest BCUT2D eigenvalue weighted by atomic mass is 9.84. The molecular weight excluding hydrogens is 258 g/mol. The van der Waals surface area contributed by atoms with Crippen LogP contribution in [-0.4, -0.2) is 23.6 Å². The van der Waals surface area contributed by atoms with Gasteiger partial charge in [-0.1, -0.05) is 30.3 Å². The number of carbonyl (C=O) groups is 1. The van der Waals surface area contributed by atoms with Gasteiger partial charge in [-0.25, -0.2) is 0 Å². The van der Waals surface area contributed by atoms with E-state index in [-0.39, 0.29) is 17.8 Å². The quantitative estimate of drug-likeness (QED) is 0.335. The Morgan fingerprint density at radius 3 is 2.95 bits per heavy atom. The zero-order valence-electron chi connectivity index (χ0n) is 11.6. The predicted octanol–water partition coefficient (Wildman–Crippen LogP) is 1.40. The third kappa shape index (κ3) is 2.29. The molecule has 0 bridgehead atoms. The second kappa shape index (κ2) is 5.40. The lowest BCUT2D eigenvalue weighted by Gasteiger charge is -2.27. The minimum absolute atomic E-state index is 0.0929. The third-order valence-corrected chi connectivity index (χ3v) is 3.89. The van der Waals surface area contributed by atoms with Crippen LogP contribution in [0.1, 0.15) is 31.9 Å². The van der Waals surface area contributed by atoms with Gasteiger partial charge in [0.25, 0.3) is 0 Å². The summed E-state index contributed by atoms with van der Waals surface area (Å²) in [5, 5.41) is 14.7. The van der Waals surface area contributed by atoms with Gasteiger partial charge in [-0.05, 0) is 19.4 Å². The highest BCUT2D eigenvalue weighted by molar-refractivity contribution is 6.06. The van der Waals surface area contributed by atoms with Crippen LogP contribution in [0.2, 0.25) is 0 Å².